The minimum Gasteiger partial charge on any atom is -0.491 e. The minimum atomic E-state index is -1.01. The maximum Gasteiger partial charge on any atom is 0.323 e. The molecule has 1 aliphatic heterocycles. The van der Waals surface area contributed by atoms with Gasteiger partial charge in [0.1, 0.15) is 18.9 Å². The molecule has 1 amide bonds. The molecule has 1 N–H and O–H groups in total. The molecule has 6 nitrogen and oxygen atoms in total. The molecule has 2 rings (SSSR count). The number of ether oxygens (including phenoxy) is 2. The minimum absolute atomic E-state index is 0.135. The van der Waals surface area contributed by atoms with Gasteiger partial charge >= 0.3 is 5.97 Å². The van der Waals surface area contributed by atoms with E-state index in [1.165, 1.54) is 4.90 Å². The normalized spacial score (nSPS) is 18.2. The largest absolute Gasteiger partial charge is 0.491 e. The average Bonchev–Trinajstić information content (AvgIpc) is 3.10. The number of carboxylic acid groups (broad SMARTS) is 1. The molecule has 2 atom stereocenters. The lowest BCUT2D eigenvalue weighted by molar-refractivity contribution is -0.138. The van der Waals surface area contributed by atoms with Crippen LogP contribution in [0.15, 0.2) is 24.3 Å². The topological polar surface area (TPSA) is 76.1 Å². The Bertz CT molecular complexity index is 551. The van der Waals surface area contributed by atoms with E-state index in [2.05, 4.69) is 0 Å². The van der Waals surface area contributed by atoms with Crippen molar-refractivity contribution in [3.8, 4) is 5.75 Å². The van der Waals surface area contributed by atoms with Crippen LogP contribution in [0.1, 0.15) is 43.5 Å². The molecule has 1 saturated heterocycles. The Labute approximate surface area is 142 Å². The highest BCUT2D eigenvalue weighted by Gasteiger charge is 2.23. The standard InChI is InChI=1S/C18H25NO5/c1-3-13(2)19(11-17(20)21)18(22)14-6-8-15(9-7-14)24-12-16-5-4-10-23-16/h6-9,13,16H,3-5,10-12H2,1-2H3,(H,20,21). The number of nitrogens with zero attached hydrogens (tertiary/aromatic N) is 1. The van der Waals surface area contributed by atoms with Gasteiger partial charge in [0.2, 0.25) is 0 Å². The quantitative estimate of drug-likeness (QED) is 0.790. The van der Waals surface area contributed by atoms with Crippen LogP contribution in [0.3, 0.4) is 0 Å². The van der Waals surface area contributed by atoms with E-state index < -0.39 is 5.97 Å². The van der Waals surface area contributed by atoms with Gasteiger partial charge in [-0.2, -0.15) is 0 Å². The van der Waals surface area contributed by atoms with Crippen molar-refractivity contribution >= 4 is 11.9 Å². The number of amides is 1. The monoisotopic (exact) mass is 335 g/mol. The molecule has 1 fully saturated rings. The van der Waals surface area contributed by atoms with Gasteiger partial charge in [0, 0.05) is 18.2 Å². The third-order valence-corrected chi connectivity index (χ3v) is 4.25. The highest BCUT2D eigenvalue weighted by Crippen LogP contribution is 2.18. The fourth-order valence-electron chi connectivity index (χ4n) is 2.62. The number of carbonyl (C=O) groups is 2. The van der Waals surface area contributed by atoms with Crippen LogP contribution in [0.25, 0.3) is 0 Å². The average molecular weight is 335 g/mol. The van der Waals surface area contributed by atoms with Crippen LogP contribution in [0, 0.1) is 0 Å². The molecule has 2 unspecified atom stereocenters. The molecular weight excluding hydrogens is 310 g/mol. The molecule has 1 heterocycles. The van der Waals surface area contributed by atoms with Crippen molar-refractivity contribution in [3.63, 3.8) is 0 Å². The van der Waals surface area contributed by atoms with E-state index in [1.54, 1.807) is 24.3 Å². The lowest BCUT2D eigenvalue weighted by atomic mass is 10.1. The number of carbonyl (C=O) groups excluding carboxylic acids is 1. The summed E-state index contributed by atoms with van der Waals surface area (Å²) in [5.41, 5.74) is 0.459. The van der Waals surface area contributed by atoms with Crippen molar-refractivity contribution in [2.75, 3.05) is 19.8 Å². The van der Waals surface area contributed by atoms with Gasteiger partial charge in [-0.3, -0.25) is 9.59 Å². The second-order valence-corrected chi connectivity index (χ2v) is 6.05. The summed E-state index contributed by atoms with van der Waals surface area (Å²) in [5, 5.41) is 9.02. The Morgan fingerprint density at radius 2 is 2.08 bits per heavy atom. The molecule has 132 valence electrons. The first kappa shape index (κ1) is 18.3. The first-order valence-electron chi connectivity index (χ1n) is 8.38. The highest BCUT2D eigenvalue weighted by atomic mass is 16.5. The maximum absolute atomic E-state index is 12.6. The molecule has 0 radical (unpaired) electrons. The maximum atomic E-state index is 12.6. The van der Waals surface area contributed by atoms with Gasteiger partial charge < -0.3 is 19.5 Å². The van der Waals surface area contributed by atoms with Crippen molar-refractivity contribution in [1.82, 2.24) is 4.90 Å². The van der Waals surface area contributed by atoms with Crippen LogP contribution < -0.4 is 4.74 Å². The van der Waals surface area contributed by atoms with Crippen molar-refractivity contribution in [1.29, 1.82) is 0 Å². The SMILES string of the molecule is CCC(C)N(CC(=O)O)C(=O)c1ccc(OCC2CCCO2)cc1. The zero-order valence-electron chi connectivity index (χ0n) is 14.2. The summed E-state index contributed by atoms with van der Waals surface area (Å²) in [6.07, 6.45) is 2.91. The number of hydrogen-bond donors (Lipinski definition) is 1. The van der Waals surface area contributed by atoms with E-state index in [1.807, 2.05) is 13.8 Å². The Morgan fingerprint density at radius 1 is 1.38 bits per heavy atom. The first-order valence-corrected chi connectivity index (χ1v) is 8.38. The van der Waals surface area contributed by atoms with Crippen molar-refractivity contribution in [3.05, 3.63) is 29.8 Å². The molecule has 0 spiro atoms. The zero-order valence-corrected chi connectivity index (χ0v) is 14.2. The summed E-state index contributed by atoms with van der Waals surface area (Å²) < 4.78 is 11.2. The highest BCUT2D eigenvalue weighted by molar-refractivity contribution is 5.96. The molecule has 1 aromatic rings. The summed E-state index contributed by atoms with van der Waals surface area (Å²) in [6.45, 7) is 4.77. The van der Waals surface area contributed by atoms with Gasteiger partial charge in [0.15, 0.2) is 0 Å². The lowest BCUT2D eigenvalue weighted by Gasteiger charge is -2.27. The van der Waals surface area contributed by atoms with Crippen LogP contribution in [-0.4, -0.2) is 53.8 Å². The number of hydrogen-bond acceptors (Lipinski definition) is 4. The smallest absolute Gasteiger partial charge is 0.323 e. The van der Waals surface area contributed by atoms with Gasteiger partial charge in [-0.05, 0) is 50.5 Å². The van der Waals surface area contributed by atoms with E-state index in [0.29, 0.717) is 24.3 Å². The molecule has 0 aromatic heterocycles. The molecule has 0 saturated carbocycles. The van der Waals surface area contributed by atoms with Crippen molar-refractivity contribution in [2.24, 2.45) is 0 Å². The van der Waals surface area contributed by atoms with Crippen LogP contribution in [0.2, 0.25) is 0 Å². The van der Waals surface area contributed by atoms with Gasteiger partial charge in [0.05, 0.1) is 6.10 Å². The predicted molar refractivity (Wildman–Crippen MR) is 89.3 cm³/mol. The van der Waals surface area contributed by atoms with E-state index in [0.717, 1.165) is 19.4 Å². The third kappa shape index (κ3) is 4.96. The first-order chi connectivity index (χ1) is 11.5. The van der Waals surface area contributed by atoms with Gasteiger partial charge in [0.25, 0.3) is 5.91 Å². The molecule has 0 bridgehead atoms. The second kappa shape index (κ2) is 8.68. The molecule has 0 aliphatic carbocycles. The van der Waals surface area contributed by atoms with E-state index in [-0.39, 0.29) is 24.6 Å². The summed E-state index contributed by atoms with van der Waals surface area (Å²) in [6, 6.07) is 6.67. The van der Waals surface area contributed by atoms with Crippen LogP contribution >= 0.6 is 0 Å². The Morgan fingerprint density at radius 3 is 2.62 bits per heavy atom. The second-order valence-electron chi connectivity index (χ2n) is 6.05. The Kier molecular flexibility index (Phi) is 6.61. The van der Waals surface area contributed by atoms with Crippen LogP contribution in [-0.2, 0) is 9.53 Å². The zero-order chi connectivity index (χ0) is 17.5. The van der Waals surface area contributed by atoms with Crippen LogP contribution in [0.5, 0.6) is 5.75 Å². The van der Waals surface area contributed by atoms with E-state index in [9.17, 15) is 9.59 Å². The number of aliphatic carboxylic acids is 1. The van der Waals surface area contributed by atoms with Crippen molar-refractivity contribution in [2.45, 2.75) is 45.3 Å². The van der Waals surface area contributed by atoms with Gasteiger partial charge in [-0.15, -0.1) is 0 Å². The summed E-state index contributed by atoms with van der Waals surface area (Å²) in [7, 11) is 0. The molecule has 1 aromatic carbocycles. The fourth-order valence-corrected chi connectivity index (χ4v) is 2.62. The van der Waals surface area contributed by atoms with Gasteiger partial charge in [-0.25, -0.2) is 0 Å². The summed E-state index contributed by atoms with van der Waals surface area (Å²) in [5.74, 6) is -0.618. The fraction of sp³-hybridized carbons (Fsp3) is 0.556. The molecule has 1 aliphatic rings. The predicted octanol–water partition coefficient (Wildman–Crippen LogP) is 2.57. The third-order valence-electron chi connectivity index (χ3n) is 4.25. The van der Waals surface area contributed by atoms with Crippen molar-refractivity contribution < 1.29 is 24.2 Å². The molecule has 24 heavy (non-hydrogen) atoms. The van der Waals surface area contributed by atoms with E-state index in [4.69, 9.17) is 14.6 Å². The number of carboxylic acids is 1. The Balaban J connectivity index is 1.98. The lowest BCUT2D eigenvalue weighted by Crippen LogP contribution is -2.41. The van der Waals surface area contributed by atoms with Crippen LogP contribution in [0.4, 0.5) is 0 Å². The summed E-state index contributed by atoms with van der Waals surface area (Å²) in [4.78, 5) is 24.9. The molecular formula is C18H25NO5. The Hall–Kier alpha value is -2.08. The number of benzene rings is 1. The van der Waals surface area contributed by atoms with E-state index >= 15 is 0 Å². The summed E-state index contributed by atoms with van der Waals surface area (Å²) >= 11 is 0. The number of rotatable bonds is 8. The van der Waals surface area contributed by atoms with Gasteiger partial charge in [-0.1, -0.05) is 6.92 Å². The molecule has 6 heteroatoms.